The number of benzene rings is 2. The summed E-state index contributed by atoms with van der Waals surface area (Å²) in [7, 11) is 0. The van der Waals surface area contributed by atoms with Crippen molar-refractivity contribution in [3.8, 4) is 0 Å². The maximum absolute atomic E-state index is 13.2. The summed E-state index contributed by atoms with van der Waals surface area (Å²) in [4.78, 5) is 24.6. The number of amides is 1. The summed E-state index contributed by atoms with van der Waals surface area (Å²) in [5.41, 5.74) is 1.61. The molecule has 1 aliphatic carbocycles. The molecule has 0 spiro atoms. The molecule has 1 fully saturated rings. The van der Waals surface area contributed by atoms with Crippen LogP contribution in [0.2, 0.25) is 0 Å². The van der Waals surface area contributed by atoms with Gasteiger partial charge in [-0.25, -0.2) is 4.39 Å². The maximum atomic E-state index is 13.2. The lowest BCUT2D eigenvalue weighted by molar-refractivity contribution is -0.119. The van der Waals surface area contributed by atoms with Crippen molar-refractivity contribution in [3.63, 3.8) is 0 Å². The molecule has 0 radical (unpaired) electrons. The molecule has 1 N–H and O–H groups in total. The highest BCUT2D eigenvalue weighted by molar-refractivity contribution is 8.00. The number of rotatable bonds is 8. The Bertz CT molecular complexity index is 758. The van der Waals surface area contributed by atoms with E-state index in [1.807, 2.05) is 18.2 Å². The van der Waals surface area contributed by atoms with Crippen molar-refractivity contribution >= 4 is 23.5 Å². The van der Waals surface area contributed by atoms with Gasteiger partial charge in [-0.3, -0.25) is 9.59 Å². The van der Waals surface area contributed by atoms with Gasteiger partial charge in [0.25, 0.3) is 0 Å². The third-order valence-electron chi connectivity index (χ3n) is 4.98. The number of hydrogen-bond acceptors (Lipinski definition) is 3. The number of nitrogens with one attached hydrogen (secondary N) is 1. The van der Waals surface area contributed by atoms with Crippen molar-refractivity contribution in [1.82, 2.24) is 5.32 Å². The van der Waals surface area contributed by atoms with Crippen LogP contribution in [0.3, 0.4) is 0 Å². The van der Waals surface area contributed by atoms with E-state index in [2.05, 4.69) is 5.32 Å². The summed E-state index contributed by atoms with van der Waals surface area (Å²) >= 11 is 1.32. The summed E-state index contributed by atoms with van der Waals surface area (Å²) in [6.45, 7) is 0. The Hall–Kier alpha value is -2.14. The molecular formula is C22H24FNO2S. The highest BCUT2D eigenvalue weighted by atomic mass is 32.2. The molecular weight excluding hydrogens is 361 g/mol. The van der Waals surface area contributed by atoms with Crippen LogP contribution in [0, 0.1) is 11.7 Å². The Labute approximate surface area is 163 Å². The van der Waals surface area contributed by atoms with Crippen LogP contribution >= 0.6 is 11.8 Å². The zero-order chi connectivity index (χ0) is 19.1. The van der Waals surface area contributed by atoms with Gasteiger partial charge >= 0.3 is 0 Å². The van der Waals surface area contributed by atoms with E-state index in [1.165, 1.54) is 36.7 Å². The van der Waals surface area contributed by atoms with E-state index in [9.17, 15) is 14.0 Å². The minimum absolute atomic E-state index is 0.0271. The zero-order valence-electron chi connectivity index (χ0n) is 15.2. The monoisotopic (exact) mass is 385 g/mol. The van der Waals surface area contributed by atoms with Gasteiger partial charge in [0, 0.05) is 5.56 Å². The van der Waals surface area contributed by atoms with Crippen LogP contribution < -0.4 is 5.32 Å². The molecule has 0 heterocycles. The van der Waals surface area contributed by atoms with Crippen LogP contribution in [-0.2, 0) is 4.79 Å². The average Bonchev–Trinajstić information content (AvgIpc) is 3.22. The molecule has 2 aromatic rings. The minimum Gasteiger partial charge on any atom is -0.348 e. The topological polar surface area (TPSA) is 46.2 Å². The lowest BCUT2D eigenvalue weighted by Gasteiger charge is -2.25. The molecule has 142 valence electrons. The van der Waals surface area contributed by atoms with Gasteiger partial charge in [-0.15, -0.1) is 11.8 Å². The largest absolute Gasteiger partial charge is 0.348 e. The molecule has 27 heavy (non-hydrogen) atoms. The fraction of sp³-hybridized carbons (Fsp3) is 0.364. The Morgan fingerprint density at radius 1 is 1.00 bits per heavy atom. The van der Waals surface area contributed by atoms with E-state index in [0.29, 0.717) is 11.5 Å². The molecule has 1 amide bonds. The Morgan fingerprint density at radius 3 is 2.33 bits per heavy atom. The molecule has 3 rings (SSSR count). The third kappa shape index (κ3) is 5.67. The molecule has 3 nitrogen and oxygen atoms in total. The molecule has 1 unspecified atom stereocenters. The number of halogens is 1. The molecule has 2 aromatic carbocycles. The quantitative estimate of drug-likeness (QED) is 0.665. The van der Waals surface area contributed by atoms with E-state index >= 15 is 0 Å². The molecule has 1 atom stereocenters. The molecule has 0 bridgehead atoms. The van der Waals surface area contributed by atoms with Crippen molar-refractivity contribution < 1.29 is 14.0 Å². The number of thioether (sulfide) groups is 1. The van der Waals surface area contributed by atoms with Gasteiger partial charge in [0.1, 0.15) is 5.82 Å². The lowest BCUT2D eigenvalue weighted by atomic mass is 9.91. The van der Waals surface area contributed by atoms with E-state index < -0.39 is 0 Å². The van der Waals surface area contributed by atoms with Crippen LogP contribution in [0.4, 0.5) is 4.39 Å². The fourth-order valence-corrected chi connectivity index (χ4v) is 4.32. The third-order valence-corrected chi connectivity index (χ3v) is 5.91. The van der Waals surface area contributed by atoms with Gasteiger partial charge in [-0.2, -0.15) is 0 Å². The lowest BCUT2D eigenvalue weighted by Crippen LogP contribution is -2.34. The van der Waals surface area contributed by atoms with E-state index in [-0.39, 0.29) is 35.1 Å². The SMILES string of the molecule is O=C(CSCC(=O)c1ccccc1)NC(c1ccc(F)cc1)C1CCCC1. The predicted molar refractivity (Wildman–Crippen MR) is 107 cm³/mol. The van der Waals surface area contributed by atoms with Crippen molar-refractivity contribution in [2.24, 2.45) is 5.92 Å². The first-order valence-electron chi connectivity index (χ1n) is 9.34. The van der Waals surface area contributed by atoms with Gasteiger partial charge in [-0.1, -0.05) is 55.3 Å². The first-order chi connectivity index (χ1) is 13.1. The molecule has 1 aliphatic rings. The van der Waals surface area contributed by atoms with Gasteiger partial charge in [0.2, 0.25) is 5.91 Å². The second-order valence-corrected chi connectivity index (χ2v) is 7.91. The highest BCUT2D eigenvalue weighted by Crippen LogP contribution is 2.35. The Morgan fingerprint density at radius 2 is 1.67 bits per heavy atom. The molecule has 0 aromatic heterocycles. The zero-order valence-corrected chi connectivity index (χ0v) is 16.0. The van der Waals surface area contributed by atoms with Crippen molar-refractivity contribution in [3.05, 3.63) is 71.5 Å². The Kier molecular flexibility index (Phi) is 7.04. The first kappa shape index (κ1) is 19.6. The van der Waals surface area contributed by atoms with Crippen LogP contribution in [0.15, 0.2) is 54.6 Å². The Balaban J connectivity index is 1.54. The molecule has 0 saturated heterocycles. The van der Waals surface area contributed by atoms with Crippen LogP contribution in [0.1, 0.15) is 47.6 Å². The van der Waals surface area contributed by atoms with Crippen molar-refractivity contribution in [1.29, 1.82) is 0 Å². The van der Waals surface area contributed by atoms with Crippen LogP contribution in [0.25, 0.3) is 0 Å². The summed E-state index contributed by atoms with van der Waals surface area (Å²) < 4.78 is 13.2. The second kappa shape index (κ2) is 9.70. The number of hydrogen-bond donors (Lipinski definition) is 1. The standard InChI is InChI=1S/C22H24FNO2S/c23-19-12-10-18(11-13-19)22(17-8-4-5-9-17)24-21(26)15-27-14-20(25)16-6-2-1-3-7-16/h1-3,6-7,10-13,17,22H,4-5,8-9,14-15H2,(H,24,26). The summed E-state index contributed by atoms with van der Waals surface area (Å²) in [6.07, 6.45) is 4.47. The van der Waals surface area contributed by atoms with E-state index in [1.54, 1.807) is 24.3 Å². The maximum Gasteiger partial charge on any atom is 0.230 e. The van der Waals surface area contributed by atoms with E-state index in [4.69, 9.17) is 0 Å². The molecule has 1 saturated carbocycles. The van der Waals surface area contributed by atoms with Gasteiger partial charge in [0.15, 0.2) is 5.78 Å². The predicted octanol–water partition coefficient (Wildman–Crippen LogP) is 4.79. The first-order valence-corrected chi connectivity index (χ1v) is 10.5. The number of carbonyl (C=O) groups excluding carboxylic acids is 2. The number of ketones is 1. The van der Waals surface area contributed by atoms with Gasteiger partial charge < -0.3 is 5.32 Å². The average molecular weight is 386 g/mol. The van der Waals surface area contributed by atoms with E-state index in [0.717, 1.165) is 18.4 Å². The van der Waals surface area contributed by atoms with Gasteiger partial charge in [0.05, 0.1) is 17.5 Å². The molecule has 0 aliphatic heterocycles. The summed E-state index contributed by atoms with van der Waals surface area (Å²) in [5.74, 6) is 0.576. The summed E-state index contributed by atoms with van der Waals surface area (Å²) in [6, 6.07) is 15.4. The highest BCUT2D eigenvalue weighted by Gasteiger charge is 2.27. The van der Waals surface area contributed by atoms with Crippen molar-refractivity contribution in [2.45, 2.75) is 31.7 Å². The molecule has 5 heteroatoms. The smallest absolute Gasteiger partial charge is 0.230 e. The summed E-state index contributed by atoms with van der Waals surface area (Å²) in [5, 5.41) is 3.11. The number of Topliss-reactive ketones (excluding diaryl/α,β-unsaturated/α-hetero) is 1. The van der Waals surface area contributed by atoms with Crippen LogP contribution in [-0.4, -0.2) is 23.2 Å². The normalized spacial score (nSPS) is 15.4. The van der Waals surface area contributed by atoms with Crippen LogP contribution in [0.5, 0.6) is 0 Å². The fourth-order valence-electron chi connectivity index (χ4n) is 3.59. The second-order valence-electron chi connectivity index (χ2n) is 6.92. The van der Waals surface area contributed by atoms with Gasteiger partial charge in [-0.05, 0) is 36.5 Å². The minimum atomic E-state index is -0.273. The van der Waals surface area contributed by atoms with Crippen molar-refractivity contribution in [2.75, 3.05) is 11.5 Å². The number of carbonyl (C=O) groups is 2.